The summed E-state index contributed by atoms with van der Waals surface area (Å²) in [5, 5.41) is 6.58. The fourth-order valence-corrected chi connectivity index (χ4v) is 2.43. The summed E-state index contributed by atoms with van der Waals surface area (Å²) in [5.41, 5.74) is 9.74. The highest BCUT2D eigenvalue weighted by Gasteiger charge is 2.03. The average Bonchev–Trinajstić information content (AvgIpc) is 2.87. The maximum atomic E-state index is 5.58. The predicted octanol–water partition coefficient (Wildman–Crippen LogP) is 4.11. The molecule has 5 nitrogen and oxygen atoms in total. The highest BCUT2D eigenvalue weighted by atomic mass is 15.3. The highest BCUT2D eigenvalue weighted by molar-refractivity contribution is 5.85. The van der Waals surface area contributed by atoms with Crippen LogP contribution in [0.25, 0.3) is 16.4 Å². The molecule has 3 aromatic heterocycles. The zero-order valence-electron chi connectivity index (χ0n) is 13.5. The van der Waals surface area contributed by atoms with Gasteiger partial charge in [-0.25, -0.2) is 9.50 Å². The van der Waals surface area contributed by atoms with E-state index in [1.807, 2.05) is 38.4 Å². The first-order valence-electron chi connectivity index (χ1n) is 7.44. The van der Waals surface area contributed by atoms with Crippen LogP contribution in [0.5, 0.6) is 0 Å². The molecule has 0 spiro atoms. The smallest absolute Gasteiger partial charge is 0.160 e. The molecule has 24 heavy (non-hydrogen) atoms. The summed E-state index contributed by atoms with van der Waals surface area (Å²) in [6, 6.07) is 10.2. The minimum absolute atomic E-state index is 0. The number of nitrogens with two attached hydrogens (primary N) is 1. The van der Waals surface area contributed by atoms with E-state index in [2.05, 4.69) is 40.2 Å². The minimum atomic E-state index is 0. The number of aromatic nitrogens is 4. The summed E-state index contributed by atoms with van der Waals surface area (Å²) in [6.07, 6.45) is 5.48. The summed E-state index contributed by atoms with van der Waals surface area (Å²) >= 11 is 0. The summed E-state index contributed by atoms with van der Waals surface area (Å²) in [6.45, 7) is 6.07. The molecule has 0 fully saturated rings. The van der Waals surface area contributed by atoms with Crippen molar-refractivity contribution in [1.29, 1.82) is 0 Å². The van der Waals surface area contributed by atoms with Crippen LogP contribution in [-0.4, -0.2) is 19.6 Å². The van der Waals surface area contributed by atoms with Crippen LogP contribution in [0.2, 0.25) is 0 Å². The van der Waals surface area contributed by atoms with Crippen LogP contribution in [0.15, 0.2) is 48.9 Å². The van der Waals surface area contributed by atoms with Crippen LogP contribution < -0.4 is 5.73 Å². The number of pyridine rings is 1. The molecule has 0 aliphatic carbocycles. The van der Waals surface area contributed by atoms with E-state index in [0.29, 0.717) is 5.82 Å². The minimum Gasteiger partial charge on any atom is -0.382 e. The molecule has 0 saturated carbocycles. The van der Waals surface area contributed by atoms with Gasteiger partial charge in [0.05, 0.1) is 0 Å². The standard InChI is InChI=1S/C11H11N.C7H8N4.CH4/c1-8-9(2)12-7-10-5-3-4-6-11(8)10;1-5-6(8)10-11-4-2-3-9-7(5)11;/h3-7H,1-2H3;2-4H,1H3,(H2,8,10);1H4. The maximum absolute atomic E-state index is 5.58. The summed E-state index contributed by atoms with van der Waals surface area (Å²) in [5.74, 6) is 0.545. The van der Waals surface area contributed by atoms with Gasteiger partial charge in [0.25, 0.3) is 0 Å². The van der Waals surface area contributed by atoms with E-state index in [-0.39, 0.29) is 7.43 Å². The number of nitrogen functional groups attached to an aromatic ring is 1. The summed E-state index contributed by atoms with van der Waals surface area (Å²) in [4.78, 5) is 8.43. The van der Waals surface area contributed by atoms with Crippen molar-refractivity contribution in [3.63, 3.8) is 0 Å². The Kier molecular flexibility index (Phi) is 5.14. The summed E-state index contributed by atoms with van der Waals surface area (Å²) in [7, 11) is 0. The molecule has 0 saturated heterocycles. The number of hydrogen-bond donors (Lipinski definition) is 1. The highest BCUT2D eigenvalue weighted by Crippen LogP contribution is 2.18. The van der Waals surface area contributed by atoms with E-state index in [1.54, 1.807) is 10.7 Å². The Morgan fingerprint density at radius 3 is 2.46 bits per heavy atom. The van der Waals surface area contributed by atoms with Crippen LogP contribution in [0.3, 0.4) is 0 Å². The molecular weight excluding hydrogens is 298 g/mol. The second kappa shape index (κ2) is 7.08. The number of rotatable bonds is 0. The lowest BCUT2D eigenvalue weighted by atomic mass is 10.1. The van der Waals surface area contributed by atoms with Gasteiger partial charge in [-0.1, -0.05) is 31.7 Å². The predicted molar refractivity (Wildman–Crippen MR) is 100 cm³/mol. The number of nitrogens with zero attached hydrogens (tertiary/aromatic N) is 4. The average molecular weight is 321 g/mol. The molecule has 0 bridgehead atoms. The Hall–Kier alpha value is -2.95. The van der Waals surface area contributed by atoms with Crippen molar-refractivity contribution in [1.82, 2.24) is 19.6 Å². The van der Waals surface area contributed by atoms with Crippen molar-refractivity contribution in [3.05, 3.63) is 65.7 Å². The van der Waals surface area contributed by atoms with Gasteiger partial charge < -0.3 is 5.73 Å². The monoisotopic (exact) mass is 321 g/mol. The first-order valence-corrected chi connectivity index (χ1v) is 7.44. The fraction of sp³-hybridized carbons (Fsp3) is 0.211. The third kappa shape index (κ3) is 3.20. The van der Waals surface area contributed by atoms with Crippen LogP contribution in [0.1, 0.15) is 24.2 Å². The van der Waals surface area contributed by atoms with Crippen LogP contribution in [-0.2, 0) is 0 Å². The van der Waals surface area contributed by atoms with Crippen molar-refractivity contribution in [2.75, 3.05) is 5.73 Å². The first-order chi connectivity index (χ1) is 11.1. The van der Waals surface area contributed by atoms with Gasteiger partial charge in [0.15, 0.2) is 11.5 Å². The quantitative estimate of drug-likeness (QED) is 0.529. The van der Waals surface area contributed by atoms with Gasteiger partial charge in [-0.15, -0.1) is 5.10 Å². The molecule has 0 radical (unpaired) electrons. The van der Waals surface area contributed by atoms with Crippen molar-refractivity contribution < 1.29 is 0 Å². The maximum Gasteiger partial charge on any atom is 0.160 e. The van der Waals surface area contributed by atoms with Gasteiger partial charge in [0.1, 0.15) is 0 Å². The van der Waals surface area contributed by atoms with Crippen LogP contribution in [0, 0.1) is 20.8 Å². The Morgan fingerprint density at radius 1 is 0.958 bits per heavy atom. The number of aryl methyl sites for hydroxylation is 3. The van der Waals surface area contributed by atoms with Gasteiger partial charge in [-0.3, -0.25) is 4.98 Å². The van der Waals surface area contributed by atoms with Crippen molar-refractivity contribution in [2.45, 2.75) is 28.2 Å². The molecule has 3 heterocycles. The number of fused-ring (bicyclic) bond motifs is 2. The molecule has 5 heteroatoms. The first kappa shape index (κ1) is 17.4. The Morgan fingerprint density at radius 2 is 1.71 bits per heavy atom. The van der Waals surface area contributed by atoms with Gasteiger partial charge >= 0.3 is 0 Å². The molecule has 2 N–H and O–H groups in total. The van der Waals surface area contributed by atoms with Gasteiger partial charge in [0.2, 0.25) is 0 Å². The van der Waals surface area contributed by atoms with Crippen molar-refractivity contribution in [3.8, 4) is 0 Å². The SMILES string of the molecule is C.Cc1c(N)nn2cccnc12.Cc1ncc2ccccc2c1C. The zero-order chi connectivity index (χ0) is 16.4. The molecular formula is C19H23N5. The number of anilines is 1. The van der Waals surface area contributed by atoms with Crippen LogP contribution >= 0.6 is 0 Å². The topological polar surface area (TPSA) is 69.1 Å². The molecule has 0 atom stereocenters. The normalized spacial score (nSPS) is 10.1. The van der Waals surface area contributed by atoms with E-state index >= 15 is 0 Å². The molecule has 124 valence electrons. The van der Waals surface area contributed by atoms with E-state index in [9.17, 15) is 0 Å². The lowest BCUT2D eigenvalue weighted by Crippen LogP contribution is -1.88. The number of benzene rings is 1. The van der Waals surface area contributed by atoms with E-state index in [0.717, 1.165) is 16.9 Å². The Bertz CT molecular complexity index is 972. The van der Waals surface area contributed by atoms with Gasteiger partial charge in [0, 0.05) is 35.2 Å². The Labute approximate surface area is 142 Å². The third-order valence-corrected chi connectivity index (χ3v) is 3.97. The fourth-order valence-electron chi connectivity index (χ4n) is 2.43. The molecule has 0 amide bonds. The van der Waals surface area contributed by atoms with Gasteiger partial charge in [-0.2, -0.15) is 0 Å². The van der Waals surface area contributed by atoms with Crippen LogP contribution in [0.4, 0.5) is 5.82 Å². The number of hydrogen-bond acceptors (Lipinski definition) is 4. The Balaban J connectivity index is 0.000000167. The lowest BCUT2D eigenvalue weighted by Gasteiger charge is -2.03. The molecule has 4 aromatic rings. The molecule has 1 aromatic carbocycles. The second-order valence-corrected chi connectivity index (χ2v) is 5.45. The zero-order valence-corrected chi connectivity index (χ0v) is 13.5. The molecule has 4 rings (SSSR count). The molecule has 0 aliphatic heterocycles. The van der Waals surface area contributed by atoms with Crippen molar-refractivity contribution in [2.24, 2.45) is 0 Å². The third-order valence-electron chi connectivity index (χ3n) is 3.97. The van der Waals surface area contributed by atoms with E-state index in [1.165, 1.54) is 16.3 Å². The lowest BCUT2D eigenvalue weighted by molar-refractivity contribution is 0.945. The molecule has 0 unspecified atom stereocenters. The van der Waals surface area contributed by atoms with E-state index in [4.69, 9.17) is 5.73 Å². The van der Waals surface area contributed by atoms with E-state index < -0.39 is 0 Å². The molecule has 0 aliphatic rings. The second-order valence-electron chi connectivity index (χ2n) is 5.45. The van der Waals surface area contributed by atoms with Crippen molar-refractivity contribution >= 4 is 22.2 Å². The summed E-state index contributed by atoms with van der Waals surface area (Å²) < 4.78 is 1.67. The van der Waals surface area contributed by atoms with Gasteiger partial charge in [-0.05, 0) is 37.8 Å². The largest absolute Gasteiger partial charge is 0.382 e.